The van der Waals surface area contributed by atoms with Crippen LogP contribution in [0.15, 0.2) is 42.1 Å². The van der Waals surface area contributed by atoms with Crippen molar-refractivity contribution in [3.63, 3.8) is 0 Å². The number of carbonyl (C=O) groups excluding carboxylic acids is 2. The molecular weight excluding hydrogens is 358 g/mol. The predicted octanol–water partition coefficient (Wildman–Crippen LogP) is 0.716. The van der Waals surface area contributed by atoms with Crippen molar-refractivity contribution in [3.8, 4) is 0 Å². The zero-order chi connectivity index (χ0) is 19.2. The highest BCUT2D eigenvalue weighted by molar-refractivity contribution is 7.89. The van der Waals surface area contributed by atoms with Crippen LogP contribution in [0.5, 0.6) is 0 Å². The number of piperidine rings is 1. The Morgan fingerprint density at radius 2 is 2.15 bits per heavy atom. The Labute approximate surface area is 153 Å². The van der Waals surface area contributed by atoms with Gasteiger partial charge in [-0.3, -0.25) is 14.6 Å². The van der Waals surface area contributed by atoms with Crippen molar-refractivity contribution < 1.29 is 22.7 Å². The smallest absolute Gasteiger partial charge is 0.309 e. The molecule has 0 saturated carbocycles. The van der Waals surface area contributed by atoms with Gasteiger partial charge in [-0.1, -0.05) is 6.08 Å². The lowest BCUT2D eigenvalue weighted by Gasteiger charge is -2.30. The molecule has 1 unspecified atom stereocenters. The molecule has 0 bridgehead atoms. The van der Waals surface area contributed by atoms with E-state index in [0.29, 0.717) is 19.4 Å². The average Bonchev–Trinajstić information content (AvgIpc) is 2.66. The Kier molecular flexibility index (Phi) is 6.87. The van der Waals surface area contributed by atoms with Crippen LogP contribution in [-0.4, -0.2) is 55.3 Å². The number of rotatable bonds is 7. The number of hydrogen-bond acceptors (Lipinski definition) is 6. The third kappa shape index (κ3) is 4.89. The van der Waals surface area contributed by atoms with E-state index in [0.717, 1.165) is 0 Å². The van der Waals surface area contributed by atoms with E-state index < -0.39 is 33.9 Å². The number of carbonyl (C=O) groups is 2. The lowest BCUT2D eigenvalue weighted by Crippen LogP contribution is -2.42. The lowest BCUT2D eigenvalue weighted by molar-refractivity contribution is -0.159. The number of amides is 1. The fraction of sp³-hybridized carbons (Fsp3) is 0.471. The van der Waals surface area contributed by atoms with E-state index in [-0.39, 0.29) is 18.0 Å². The Hall–Kier alpha value is -2.26. The van der Waals surface area contributed by atoms with Crippen molar-refractivity contribution >= 4 is 21.9 Å². The van der Waals surface area contributed by atoms with Gasteiger partial charge in [0.2, 0.25) is 10.0 Å². The third-order valence-electron chi connectivity index (χ3n) is 4.14. The van der Waals surface area contributed by atoms with Gasteiger partial charge in [-0.25, -0.2) is 8.42 Å². The van der Waals surface area contributed by atoms with Crippen molar-refractivity contribution in [1.82, 2.24) is 14.6 Å². The zero-order valence-electron chi connectivity index (χ0n) is 14.6. The Bertz CT molecular complexity index is 743. The topological polar surface area (TPSA) is 106 Å². The summed E-state index contributed by atoms with van der Waals surface area (Å²) >= 11 is 0. The summed E-state index contributed by atoms with van der Waals surface area (Å²) in [5.41, 5.74) is 0. The van der Waals surface area contributed by atoms with Gasteiger partial charge >= 0.3 is 5.97 Å². The fourth-order valence-electron chi connectivity index (χ4n) is 2.62. The molecule has 1 saturated heterocycles. The second-order valence-electron chi connectivity index (χ2n) is 5.98. The van der Waals surface area contributed by atoms with Crippen LogP contribution in [0.25, 0.3) is 0 Å². The van der Waals surface area contributed by atoms with Crippen LogP contribution in [0.3, 0.4) is 0 Å². The van der Waals surface area contributed by atoms with Gasteiger partial charge in [0.05, 0.1) is 5.92 Å². The van der Waals surface area contributed by atoms with Crippen LogP contribution in [-0.2, 0) is 24.3 Å². The highest BCUT2D eigenvalue weighted by Crippen LogP contribution is 2.24. The molecule has 1 aromatic heterocycles. The molecule has 0 aromatic carbocycles. The van der Waals surface area contributed by atoms with Gasteiger partial charge < -0.3 is 10.1 Å². The molecule has 1 N–H and O–H groups in total. The largest absolute Gasteiger partial charge is 0.452 e. The molecule has 0 spiro atoms. The number of pyridine rings is 1. The van der Waals surface area contributed by atoms with Gasteiger partial charge in [0.15, 0.2) is 6.10 Å². The van der Waals surface area contributed by atoms with Crippen LogP contribution < -0.4 is 5.32 Å². The van der Waals surface area contributed by atoms with Gasteiger partial charge in [0.1, 0.15) is 4.90 Å². The SMILES string of the molecule is C=CCNC(=O)C(C)OC(=O)C1CCN(S(=O)(=O)c2cccnc2)CC1. The summed E-state index contributed by atoms with van der Waals surface area (Å²) in [5.74, 6) is -1.30. The molecule has 0 radical (unpaired) electrons. The summed E-state index contributed by atoms with van der Waals surface area (Å²) < 4.78 is 31.6. The van der Waals surface area contributed by atoms with Gasteiger partial charge in [0.25, 0.3) is 5.91 Å². The van der Waals surface area contributed by atoms with Gasteiger partial charge in [-0.15, -0.1) is 6.58 Å². The standard InChI is InChI=1S/C17H23N3O5S/c1-3-8-19-16(21)13(2)25-17(22)14-6-10-20(11-7-14)26(23,24)15-5-4-9-18-12-15/h3-5,9,12-14H,1,6-8,10-11H2,2H3,(H,19,21). The number of esters is 1. The van der Waals surface area contributed by atoms with E-state index in [1.165, 1.54) is 35.8 Å². The van der Waals surface area contributed by atoms with Gasteiger partial charge in [-0.2, -0.15) is 4.31 Å². The quantitative estimate of drug-likeness (QED) is 0.551. The van der Waals surface area contributed by atoms with E-state index in [2.05, 4.69) is 16.9 Å². The highest BCUT2D eigenvalue weighted by Gasteiger charge is 2.33. The number of ether oxygens (including phenoxy) is 1. The van der Waals surface area contributed by atoms with Crippen LogP contribution >= 0.6 is 0 Å². The molecule has 2 heterocycles. The van der Waals surface area contributed by atoms with Crippen LogP contribution in [0, 0.1) is 5.92 Å². The third-order valence-corrected chi connectivity index (χ3v) is 6.02. The summed E-state index contributed by atoms with van der Waals surface area (Å²) in [6.07, 6.45) is 4.13. The van der Waals surface area contributed by atoms with Gasteiger partial charge in [-0.05, 0) is 31.9 Å². The second kappa shape index (κ2) is 8.91. The first kappa shape index (κ1) is 20.1. The van der Waals surface area contributed by atoms with Crippen molar-refractivity contribution in [2.75, 3.05) is 19.6 Å². The molecule has 2 rings (SSSR count). The van der Waals surface area contributed by atoms with Gasteiger partial charge in [0, 0.05) is 32.0 Å². The fourth-order valence-corrected chi connectivity index (χ4v) is 4.06. The number of nitrogens with one attached hydrogen (secondary N) is 1. The first-order chi connectivity index (χ1) is 12.4. The normalized spacial score (nSPS) is 17.3. The maximum atomic E-state index is 12.5. The molecule has 1 aliphatic rings. The molecule has 142 valence electrons. The van der Waals surface area contributed by atoms with Crippen molar-refractivity contribution in [1.29, 1.82) is 0 Å². The molecule has 1 atom stereocenters. The first-order valence-corrected chi connectivity index (χ1v) is 9.79. The Morgan fingerprint density at radius 3 is 2.73 bits per heavy atom. The van der Waals surface area contributed by atoms with E-state index in [1.807, 2.05) is 0 Å². The van der Waals surface area contributed by atoms with Crippen LogP contribution in [0.2, 0.25) is 0 Å². The van der Waals surface area contributed by atoms with E-state index in [9.17, 15) is 18.0 Å². The average molecular weight is 381 g/mol. The second-order valence-corrected chi connectivity index (χ2v) is 7.92. The van der Waals surface area contributed by atoms with E-state index in [4.69, 9.17) is 4.74 Å². The van der Waals surface area contributed by atoms with Crippen molar-refractivity contribution in [2.24, 2.45) is 5.92 Å². The molecule has 1 amide bonds. The number of nitrogens with zero attached hydrogens (tertiary/aromatic N) is 2. The van der Waals surface area contributed by atoms with E-state index >= 15 is 0 Å². The molecule has 1 aliphatic heterocycles. The Morgan fingerprint density at radius 1 is 1.46 bits per heavy atom. The summed E-state index contributed by atoms with van der Waals surface area (Å²) in [7, 11) is -3.61. The molecule has 1 fully saturated rings. The van der Waals surface area contributed by atoms with Crippen LogP contribution in [0.1, 0.15) is 19.8 Å². The minimum absolute atomic E-state index is 0.133. The number of hydrogen-bond donors (Lipinski definition) is 1. The predicted molar refractivity (Wildman–Crippen MR) is 94.5 cm³/mol. The zero-order valence-corrected chi connectivity index (χ0v) is 15.4. The molecule has 9 heteroatoms. The summed E-state index contributed by atoms with van der Waals surface area (Å²) in [5, 5.41) is 2.56. The Balaban J connectivity index is 1.89. The van der Waals surface area contributed by atoms with Crippen molar-refractivity contribution in [3.05, 3.63) is 37.2 Å². The van der Waals surface area contributed by atoms with E-state index in [1.54, 1.807) is 6.07 Å². The molecule has 8 nitrogen and oxygen atoms in total. The summed E-state index contributed by atoms with van der Waals surface area (Å²) in [4.78, 5) is 27.9. The van der Waals surface area contributed by atoms with Crippen molar-refractivity contribution in [2.45, 2.75) is 30.8 Å². The highest BCUT2D eigenvalue weighted by atomic mass is 32.2. The van der Waals surface area contributed by atoms with Crippen LogP contribution in [0.4, 0.5) is 0 Å². The maximum absolute atomic E-state index is 12.5. The molecule has 1 aromatic rings. The number of aromatic nitrogens is 1. The summed E-state index contributed by atoms with van der Waals surface area (Å²) in [6.45, 7) is 5.72. The first-order valence-electron chi connectivity index (χ1n) is 8.35. The maximum Gasteiger partial charge on any atom is 0.309 e. The monoisotopic (exact) mass is 381 g/mol. The lowest BCUT2D eigenvalue weighted by atomic mass is 9.98. The minimum Gasteiger partial charge on any atom is -0.452 e. The number of sulfonamides is 1. The summed E-state index contributed by atoms with van der Waals surface area (Å²) in [6, 6.07) is 3.06. The molecule has 0 aliphatic carbocycles. The molecular formula is C17H23N3O5S. The minimum atomic E-state index is -3.61. The molecule has 26 heavy (non-hydrogen) atoms.